The van der Waals surface area contributed by atoms with Crippen LogP contribution in [0, 0.1) is 5.41 Å². The second-order valence-corrected chi connectivity index (χ2v) is 20.0. The Balaban J connectivity index is 2.18. The molecule has 1 atom stereocenters. The number of unbranched alkanes of at least 4 members (excludes halogenated alkanes) is 2. The fourth-order valence-electron chi connectivity index (χ4n) is 7.38. The van der Waals surface area contributed by atoms with E-state index in [4.69, 9.17) is 0 Å². The lowest BCUT2D eigenvalue weighted by atomic mass is 9.64. The van der Waals surface area contributed by atoms with Gasteiger partial charge in [0, 0.05) is 12.0 Å². The van der Waals surface area contributed by atoms with Crippen molar-refractivity contribution in [1.29, 1.82) is 0 Å². The van der Waals surface area contributed by atoms with Crippen LogP contribution in [0.25, 0.3) is 11.1 Å². The SMILES string of the molecule is C\C=C(C)/C(C)=C(\C=C\CCCCC1(F)Cc2c(cc(C(C)(C)C)cc2C(C)(C)C)-c2cc(C(C)(C)C)cc(C(C)(C)C)c21)C(C)(C)C. The predicted molar refractivity (Wildman–Crippen MR) is 212 cm³/mol. The van der Waals surface area contributed by atoms with Crippen LogP contribution in [0.1, 0.15) is 184 Å². The first-order chi connectivity index (χ1) is 21.6. The number of fused-ring (bicyclic) bond motifs is 3. The minimum absolute atomic E-state index is 0.00639. The highest BCUT2D eigenvalue weighted by Crippen LogP contribution is 2.54. The Labute approximate surface area is 296 Å². The maximum Gasteiger partial charge on any atom is 0.140 e. The maximum atomic E-state index is 18.4. The highest BCUT2D eigenvalue weighted by molar-refractivity contribution is 5.80. The van der Waals surface area contributed by atoms with Gasteiger partial charge in [0.1, 0.15) is 5.67 Å². The molecule has 0 fully saturated rings. The molecule has 0 aliphatic heterocycles. The summed E-state index contributed by atoms with van der Waals surface area (Å²) < 4.78 is 18.4. The number of benzene rings is 2. The molecule has 3 rings (SSSR count). The minimum Gasteiger partial charge on any atom is -0.238 e. The molecule has 0 saturated heterocycles. The van der Waals surface area contributed by atoms with Gasteiger partial charge in [-0.1, -0.05) is 152 Å². The Kier molecular flexibility index (Phi) is 11.4. The second-order valence-electron chi connectivity index (χ2n) is 20.0. The van der Waals surface area contributed by atoms with E-state index in [1.54, 1.807) is 0 Å². The van der Waals surface area contributed by atoms with Gasteiger partial charge in [-0.2, -0.15) is 0 Å². The highest BCUT2D eigenvalue weighted by Gasteiger charge is 2.45. The van der Waals surface area contributed by atoms with Gasteiger partial charge in [-0.15, -0.1) is 0 Å². The summed E-state index contributed by atoms with van der Waals surface area (Å²) in [6, 6.07) is 9.50. The molecule has 0 bridgehead atoms. The van der Waals surface area contributed by atoms with E-state index in [9.17, 15) is 0 Å². The van der Waals surface area contributed by atoms with Crippen molar-refractivity contribution >= 4 is 0 Å². The van der Waals surface area contributed by atoms with Gasteiger partial charge in [-0.25, -0.2) is 4.39 Å². The molecule has 0 amide bonds. The fraction of sp³-hybridized carbons (Fsp3) is 0.617. The van der Waals surface area contributed by atoms with E-state index in [0.29, 0.717) is 12.8 Å². The van der Waals surface area contributed by atoms with Gasteiger partial charge in [-0.3, -0.25) is 0 Å². The summed E-state index contributed by atoms with van der Waals surface area (Å²) in [6.07, 6.45) is 10.6. The van der Waals surface area contributed by atoms with E-state index in [2.05, 4.69) is 167 Å². The van der Waals surface area contributed by atoms with Crippen molar-refractivity contribution in [3.8, 4) is 11.1 Å². The van der Waals surface area contributed by atoms with Gasteiger partial charge in [0.05, 0.1) is 0 Å². The predicted octanol–water partition coefficient (Wildman–Crippen LogP) is 14.7. The number of rotatable bonds is 7. The Morgan fingerprint density at radius 2 is 1.19 bits per heavy atom. The zero-order valence-corrected chi connectivity index (χ0v) is 34.5. The normalized spacial score (nSPS) is 18.6. The number of alkyl halides is 1. The third-order valence-electron chi connectivity index (χ3n) is 10.6. The quantitative estimate of drug-likeness (QED) is 0.206. The van der Waals surface area contributed by atoms with Gasteiger partial charge >= 0.3 is 0 Å². The molecular formula is C47H71F. The van der Waals surface area contributed by atoms with Crippen molar-refractivity contribution in [2.24, 2.45) is 5.41 Å². The lowest BCUT2D eigenvalue weighted by Gasteiger charge is -2.42. The van der Waals surface area contributed by atoms with E-state index in [1.807, 2.05) is 0 Å². The molecule has 0 nitrogen and oxygen atoms in total. The van der Waals surface area contributed by atoms with Crippen LogP contribution < -0.4 is 0 Å². The van der Waals surface area contributed by atoms with E-state index in [-0.39, 0.29) is 27.1 Å². The minimum atomic E-state index is -1.43. The van der Waals surface area contributed by atoms with E-state index in [0.717, 1.165) is 30.4 Å². The summed E-state index contributed by atoms with van der Waals surface area (Å²) in [5.74, 6) is 0. The standard InChI is InChI=1S/C47H71F/c1-19-31(2)32(3)38(44(10,11)12)24-22-20-21-23-25-47(48)30-37-35(26-33(42(4,5)6)28-39(37)45(13,14)15)36-27-34(43(7,8)9)29-40(41(36)47)46(16,17)18/h19,22,24,26-29H,20-21,23,25,30H2,1-18H3/b24-22+,31-19-,38-32+. The molecule has 0 aromatic heterocycles. The van der Waals surface area contributed by atoms with Crippen molar-refractivity contribution in [2.45, 2.75) is 184 Å². The van der Waals surface area contributed by atoms with E-state index >= 15 is 4.39 Å². The zero-order valence-electron chi connectivity index (χ0n) is 34.5. The molecule has 1 unspecified atom stereocenters. The van der Waals surface area contributed by atoms with Crippen LogP contribution in [0.2, 0.25) is 0 Å². The lowest BCUT2D eigenvalue weighted by Crippen LogP contribution is -2.35. The third kappa shape index (κ3) is 8.84. The van der Waals surface area contributed by atoms with Crippen molar-refractivity contribution in [2.75, 3.05) is 0 Å². The summed E-state index contributed by atoms with van der Waals surface area (Å²) in [4.78, 5) is 0. The molecule has 2 aromatic rings. The average molecular weight is 655 g/mol. The third-order valence-corrected chi connectivity index (χ3v) is 10.6. The van der Waals surface area contributed by atoms with Gasteiger partial charge in [0.2, 0.25) is 0 Å². The van der Waals surface area contributed by atoms with E-state index < -0.39 is 5.67 Å². The van der Waals surface area contributed by atoms with Gasteiger partial charge in [-0.05, 0) is 124 Å². The average Bonchev–Trinajstić information content (AvgIpc) is 2.92. The Morgan fingerprint density at radius 1 is 0.688 bits per heavy atom. The number of allylic oxidation sites excluding steroid dienone is 6. The van der Waals surface area contributed by atoms with Crippen LogP contribution in [-0.2, 0) is 33.7 Å². The Morgan fingerprint density at radius 3 is 1.65 bits per heavy atom. The number of hydrogen-bond donors (Lipinski definition) is 0. The van der Waals surface area contributed by atoms with Crippen LogP contribution in [-0.4, -0.2) is 0 Å². The van der Waals surface area contributed by atoms with Crippen molar-refractivity contribution in [1.82, 2.24) is 0 Å². The first-order valence-corrected chi connectivity index (χ1v) is 18.7. The highest BCUT2D eigenvalue weighted by atomic mass is 19.1. The molecule has 0 spiro atoms. The second kappa shape index (κ2) is 13.7. The van der Waals surface area contributed by atoms with Crippen LogP contribution in [0.3, 0.4) is 0 Å². The van der Waals surface area contributed by atoms with Crippen molar-refractivity contribution in [3.05, 3.63) is 92.6 Å². The topological polar surface area (TPSA) is 0 Å². The molecule has 48 heavy (non-hydrogen) atoms. The van der Waals surface area contributed by atoms with Crippen LogP contribution >= 0.6 is 0 Å². The van der Waals surface area contributed by atoms with Gasteiger partial charge in [0.25, 0.3) is 0 Å². The molecule has 0 heterocycles. The van der Waals surface area contributed by atoms with Crippen LogP contribution in [0.5, 0.6) is 0 Å². The largest absolute Gasteiger partial charge is 0.238 e. The summed E-state index contributed by atoms with van der Waals surface area (Å²) in [5, 5.41) is 0. The van der Waals surface area contributed by atoms with Crippen molar-refractivity contribution < 1.29 is 4.39 Å². The Hall–Kier alpha value is -2.41. The smallest absolute Gasteiger partial charge is 0.140 e. The summed E-state index contributed by atoms with van der Waals surface area (Å²) in [7, 11) is 0. The molecule has 2 aromatic carbocycles. The monoisotopic (exact) mass is 655 g/mol. The van der Waals surface area contributed by atoms with E-state index in [1.165, 1.54) is 50.1 Å². The molecule has 0 N–H and O–H groups in total. The molecular weight excluding hydrogens is 584 g/mol. The lowest BCUT2D eigenvalue weighted by molar-refractivity contribution is 0.140. The molecule has 1 aliphatic carbocycles. The summed E-state index contributed by atoms with van der Waals surface area (Å²) >= 11 is 0. The van der Waals surface area contributed by atoms with Gasteiger partial charge in [0.15, 0.2) is 0 Å². The number of halogens is 1. The maximum absolute atomic E-state index is 18.4. The van der Waals surface area contributed by atoms with Gasteiger partial charge < -0.3 is 0 Å². The first kappa shape index (κ1) is 40.0. The fourth-order valence-corrected chi connectivity index (χ4v) is 7.38. The van der Waals surface area contributed by atoms with Crippen LogP contribution in [0.4, 0.5) is 4.39 Å². The first-order valence-electron chi connectivity index (χ1n) is 18.7. The molecule has 0 saturated carbocycles. The molecule has 266 valence electrons. The van der Waals surface area contributed by atoms with Crippen molar-refractivity contribution in [3.63, 3.8) is 0 Å². The Bertz CT molecular complexity index is 1570. The summed E-state index contributed by atoms with van der Waals surface area (Å²) in [5.41, 5.74) is 12.0. The zero-order chi connectivity index (χ0) is 36.8. The molecule has 0 radical (unpaired) electrons. The molecule has 1 aliphatic rings. The summed E-state index contributed by atoms with van der Waals surface area (Å²) in [6.45, 7) is 40.8. The molecule has 1 heteroatoms. The van der Waals surface area contributed by atoms with Crippen LogP contribution in [0.15, 0.2) is 59.2 Å². The number of hydrogen-bond acceptors (Lipinski definition) is 0.